The number of benzene rings is 1. The molecule has 2 N–H and O–H groups in total. The fourth-order valence-corrected chi connectivity index (χ4v) is 4.25. The summed E-state index contributed by atoms with van der Waals surface area (Å²) in [5, 5.41) is 2.46. The van der Waals surface area contributed by atoms with Crippen LogP contribution in [0, 0.1) is 11.3 Å². The molecule has 2 unspecified atom stereocenters. The molecule has 1 aliphatic carbocycles. The van der Waals surface area contributed by atoms with Gasteiger partial charge in [-0.3, -0.25) is 4.98 Å². The van der Waals surface area contributed by atoms with Crippen molar-refractivity contribution in [3.8, 4) is 0 Å². The molecule has 1 heterocycles. The van der Waals surface area contributed by atoms with Gasteiger partial charge in [0.15, 0.2) is 0 Å². The summed E-state index contributed by atoms with van der Waals surface area (Å²) < 4.78 is 0. The van der Waals surface area contributed by atoms with Gasteiger partial charge >= 0.3 is 0 Å². The van der Waals surface area contributed by atoms with Crippen LogP contribution in [0.2, 0.25) is 0 Å². The lowest BCUT2D eigenvalue weighted by molar-refractivity contribution is 0.0788. The second kappa shape index (κ2) is 5.10. The SMILES string of the molecule is CC(C)(C)C1CCCCC1(N)c1cccc2ccncc12. The first-order valence-electron chi connectivity index (χ1n) is 8.05. The standard InChI is InChI=1S/C19H26N2/c1-18(2,3)17-9-4-5-11-19(17,20)16-8-6-7-14-10-12-21-13-15(14)16/h6-8,10,12-13,17H,4-5,9,11,20H2,1-3H3. The molecular formula is C19H26N2. The second-order valence-electron chi connectivity index (χ2n) is 7.61. The molecule has 0 aliphatic heterocycles. The van der Waals surface area contributed by atoms with E-state index in [2.05, 4.69) is 50.0 Å². The molecule has 0 bridgehead atoms. The van der Waals surface area contributed by atoms with Gasteiger partial charge in [0, 0.05) is 23.3 Å². The van der Waals surface area contributed by atoms with Crippen LogP contribution in [0.25, 0.3) is 10.8 Å². The van der Waals surface area contributed by atoms with Crippen LogP contribution in [0.5, 0.6) is 0 Å². The van der Waals surface area contributed by atoms with Crippen LogP contribution >= 0.6 is 0 Å². The predicted octanol–water partition coefficient (Wildman–Crippen LogP) is 4.63. The number of nitrogens with zero attached hydrogens (tertiary/aromatic N) is 1. The van der Waals surface area contributed by atoms with Gasteiger partial charge in [0.25, 0.3) is 0 Å². The molecule has 2 heteroatoms. The number of aromatic nitrogens is 1. The van der Waals surface area contributed by atoms with Gasteiger partial charge < -0.3 is 5.73 Å². The Bertz CT molecular complexity index is 636. The van der Waals surface area contributed by atoms with Crippen LogP contribution in [-0.2, 0) is 5.54 Å². The molecule has 21 heavy (non-hydrogen) atoms. The first kappa shape index (κ1) is 14.5. The quantitative estimate of drug-likeness (QED) is 0.828. The number of hydrogen-bond acceptors (Lipinski definition) is 2. The minimum Gasteiger partial charge on any atom is -0.321 e. The topological polar surface area (TPSA) is 38.9 Å². The Labute approximate surface area is 127 Å². The van der Waals surface area contributed by atoms with Crippen molar-refractivity contribution in [2.45, 2.75) is 52.0 Å². The summed E-state index contributed by atoms with van der Waals surface area (Å²) >= 11 is 0. The number of fused-ring (bicyclic) bond motifs is 1. The monoisotopic (exact) mass is 282 g/mol. The first-order chi connectivity index (χ1) is 9.93. The third kappa shape index (κ3) is 2.46. The Morgan fingerprint density at radius 1 is 1.19 bits per heavy atom. The largest absolute Gasteiger partial charge is 0.321 e. The molecule has 2 aromatic rings. The molecule has 0 amide bonds. The maximum absolute atomic E-state index is 7.05. The van der Waals surface area contributed by atoms with Crippen molar-refractivity contribution in [3.63, 3.8) is 0 Å². The zero-order valence-corrected chi connectivity index (χ0v) is 13.4. The molecule has 1 aromatic carbocycles. The normalized spacial score (nSPS) is 27.0. The van der Waals surface area contributed by atoms with Crippen molar-refractivity contribution < 1.29 is 0 Å². The van der Waals surface area contributed by atoms with Gasteiger partial charge in [-0.1, -0.05) is 51.8 Å². The lowest BCUT2D eigenvalue weighted by atomic mass is 9.60. The predicted molar refractivity (Wildman–Crippen MR) is 89.0 cm³/mol. The van der Waals surface area contributed by atoms with Gasteiger partial charge in [0.1, 0.15) is 0 Å². The average molecular weight is 282 g/mol. The second-order valence-corrected chi connectivity index (χ2v) is 7.61. The van der Waals surface area contributed by atoms with Crippen LogP contribution in [0.3, 0.4) is 0 Å². The molecule has 0 saturated heterocycles. The van der Waals surface area contributed by atoms with Gasteiger partial charge in [-0.15, -0.1) is 0 Å². The summed E-state index contributed by atoms with van der Waals surface area (Å²) in [5.41, 5.74) is 8.32. The highest BCUT2D eigenvalue weighted by molar-refractivity contribution is 5.85. The van der Waals surface area contributed by atoms with Crippen LogP contribution in [0.1, 0.15) is 52.0 Å². The Balaban J connectivity index is 2.18. The van der Waals surface area contributed by atoms with Crippen molar-refractivity contribution in [1.82, 2.24) is 4.98 Å². The van der Waals surface area contributed by atoms with Crippen LogP contribution in [0.15, 0.2) is 36.7 Å². The van der Waals surface area contributed by atoms with Crippen molar-refractivity contribution in [2.24, 2.45) is 17.1 Å². The minimum absolute atomic E-state index is 0.222. The summed E-state index contributed by atoms with van der Waals surface area (Å²) in [6.07, 6.45) is 8.65. The van der Waals surface area contributed by atoms with E-state index in [1.54, 1.807) is 0 Å². The average Bonchev–Trinajstić information content (AvgIpc) is 2.46. The van der Waals surface area contributed by atoms with Crippen molar-refractivity contribution in [1.29, 1.82) is 0 Å². The molecule has 0 radical (unpaired) electrons. The highest BCUT2D eigenvalue weighted by Gasteiger charge is 2.45. The van der Waals surface area contributed by atoms with E-state index in [-0.39, 0.29) is 11.0 Å². The van der Waals surface area contributed by atoms with E-state index in [0.717, 1.165) is 6.42 Å². The Hall–Kier alpha value is -1.41. The van der Waals surface area contributed by atoms with E-state index < -0.39 is 0 Å². The van der Waals surface area contributed by atoms with Crippen LogP contribution in [0.4, 0.5) is 0 Å². The van der Waals surface area contributed by atoms with Crippen molar-refractivity contribution >= 4 is 10.8 Å². The molecule has 3 rings (SSSR count). The zero-order chi connectivity index (χ0) is 15.1. The van der Waals surface area contributed by atoms with Crippen LogP contribution in [-0.4, -0.2) is 4.98 Å². The van der Waals surface area contributed by atoms with Gasteiger partial charge in [0.2, 0.25) is 0 Å². The molecule has 0 spiro atoms. The fraction of sp³-hybridized carbons (Fsp3) is 0.526. The van der Waals surface area contributed by atoms with Gasteiger partial charge in [-0.05, 0) is 41.2 Å². The maximum atomic E-state index is 7.05. The molecule has 2 atom stereocenters. The summed E-state index contributed by atoms with van der Waals surface area (Å²) in [7, 11) is 0. The van der Waals surface area contributed by atoms with Gasteiger partial charge in [-0.25, -0.2) is 0 Å². The summed E-state index contributed by atoms with van der Waals surface area (Å²) in [6, 6.07) is 8.59. The molecule has 1 aliphatic rings. The first-order valence-corrected chi connectivity index (χ1v) is 8.05. The lowest BCUT2D eigenvalue weighted by Crippen LogP contribution is -2.51. The van der Waals surface area contributed by atoms with Crippen molar-refractivity contribution in [2.75, 3.05) is 0 Å². The van der Waals surface area contributed by atoms with Crippen LogP contribution < -0.4 is 5.73 Å². The van der Waals surface area contributed by atoms with E-state index in [9.17, 15) is 0 Å². The number of nitrogens with two attached hydrogens (primary N) is 1. The lowest BCUT2D eigenvalue weighted by Gasteiger charge is -2.48. The molecule has 2 nitrogen and oxygen atoms in total. The smallest absolute Gasteiger partial charge is 0.0449 e. The van der Waals surface area contributed by atoms with E-state index in [4.69, 9.17) is 5.73 Å². The summed E-state index contributed by atoms with van der Waals surface area (Å²) in [5.74, 6) is 0.504. The van der Waals surface area contributed by atoms with E-state index in [1.807, 2.05) is 12.4 Å². The van der Waals surface area contributed by atoms with Crippen molar-refractivity contribution in [3.05, 3.63) is 42.2 Å². The third-order valence-electron chi connectivity index (χ3n) is 5.19. The molecule has 112 valence electrons. The van der Waals surface area contributed by atoms with E-state index in [1.165, 1.54) is 35.6 Å². The fourth-order valence-electron chi connectivity index (χ4n) is 4.25. The molecule has 1 saturated carbocycles. The zero-order valence-electron chi connectivity index (χ0n) is 13.4. The van der Waals surface area contributed by atoms with E-state index in [0.29, 0.717) is 5.92 Å². The Morgan fingerprint density at radius 2 is 2.00 bits per heavy atom. The molecular weight excluding hydrogens is 256 g/mol. The van der Waals surface area contributed by atoms with Gasteiger partial charge in [0.05, 0.1) is 0 Å². The molecule has 1 aromatic heterocycles. The maximum Gasteiger partial charge on any atom is 0.0449 e. The Kier molecular flexibility index (Phi) is 3.53. The number of pyridine rings is 1. The highest BCUT2D eigenvalue weighted by Crippen LogP contribution is 2.49. The summed E-state index contributed by atoms with van der Waals surface area (Å²) in [6.45, 7) is 6.98. The minimum atomic E-state index is -0.237. The molecule has 1 fully saturated rings. The third-order valence-corrected chi connectivity index (χ3v) is 5.19. The number of rotatable bonds is 1. The Morgan fingerprint density at radius 3 is 2.76 bits per heavy atom. The summed E-state index contributed by atoms with van der Waals surface area (Å²) in [4.78, 5) is 4.33. The van der Waals surface area contributed by atoms with E-state index >= 15 is 0 Å². The highest BCUT2D eigenvalue weighted by atomic mass is 14.8. The van der Waals surface area contributed by atoms with Gasteiger partial charge in [-0.2, -0.15) is 0 Å². The number of hydrogen-bond donors (Lipinski definition) is 1.